The molecule has 0 bridgehead atoms. The van der Waals surface area contributed by atoms with E-state index in [-0.39, 0.29) is 0 Å². The standard InChI is InChI=1S/C15H19BrN2O3/c1-10-4-5-13(21-3)11(8-10)15(19)14-12(16)9-17-18(14)6-7-20-2/h4-5,8-9,15,19H,6-7H2,1-3H3. The van der Waals surface area contributed by atoms with Gasteiger partial charge in [-0.1, -0.05) is 11.6 Å². The summed E-state index contributed by atoms with van der Waals surface area (Å²) in [7, 11) is 3.23. The number of halogens is 1. The van der Waals surface area contributed by atoms with Gasteiger partial charge >= 0.3 is 0 Å². The van der Waals surface area contributed by atoms with Gasteiger partial charge in [-0.15, -0.1) is 0 Å². The molecule has 2 aromatic rings. The van der Waals surface area contributed by atoms with Crippen LogP contribution in [0.1, 0.15) is 22.9 Å². The molecule has 0 aliphatic carbocycles. The third-order valence-corrected chi connectivity index (χ3v) is 3.89. The highest BCUT2D eigenvalue weighted by Gasteiger charge is 2.22. The maximum atomic E-state index is 10.8. The van der Waals surface area contributed by atoms with Crippen molar-refractivity contribution in [3.05, 3.63) is 45.7 Å². The SMILES string of the molecule is COCCn1ncc(Br)c1C(O)c1cc(C)ccc1OC. The van der Waals surface area contributed by atoms with E-state index in [0.717, 1.165) is 15.6 Å². The Balaban J connectivity index is 2.42. The van der Waals surface area contributed by atoms with E-state index in [1.165, 1.54) is 0 Å². The third kappa shape index (κ3) is 3.45. The van der Waals surface area contributed by atoms with Crippen molar-refractivity contribution < 1.29 is 14.6 Å². The average Bonchev–Trinajstić information content (AvgIpc) is 2.85. The molecule has 1 atom stereocenters. The van der Waals surface area contributed by atoms with Crippen LogP contribution in [-0.4, -0.2) is 35.7 Å². The monoisotopic (exact) mass is 354 g/mol. The lowest BCUT2D eigenvalue weighted by molar-refractivity contribution is 0.170. The first kappa shape index (κ1) is 16.0. The van der Waals surface area contributed by atoms with Gasteiger partial charge in [0.2, 0.25) is 0 Å². The van der Waals surface area contributed by atoms with E-state index in [9.17, 15) is 5.11 Å². The molecule has 1 N–H and O–H groups in total. The topological polar surface area (TPSA) is 56.5 Å². The van der Waals surface area contributed by atoms with Crippen LogP contribution in [0.3, 0.4) is 0 Å². The quantitative estimate of drug-likeness (QED) is 0.866. The van der Waals surface area contributed by atoms with E-state index < -0.39 is 6.10 Å². The van der Waals surface area contributed by atoms with E-state index in [1.807, 2.05) is 25.1 Å². The Morgan fingerprint density at radius 3 is 2.81 bits per heavy atom. The summed E-state index contributed by atoms with van der Waals surface area (Å²) in [4.78, 5) is 0. The Labute approximate surface area is 132 Å². The highest BCUT2D eigenvalue weighted by Crippen LogP contribution is 2.34. The molecule has 1 aromatic carbocycles. The first-order valence-electron chi connectivity index (χ1n) is 6.61. The minimum absolute atomic E-state index is 0.527. The molecule has 2 rings (SSSR count). The molecule has 0 saturated heterocycles. The van der Waals surface area contributed by atoms with Gasteiger partial charge in [-0.05, 0) is 35.0 Å². The smallest absolute Gasteiger partial charge is 0.125 e. The van der Waals surface area contributed by atoms with Gasteiger partial charge in [-0.3, -0.25) is 4.68 Å². The number of hydrogen-bond acceptors (Lipinski definition) is 4. The molecule has 0 amide bonds. The predicted octanol–water partition coefficient (Wildman–Crippen LogP) is 2.69. The molecule has 0 fully saturated rings. The molecule has 114 valence electrons. The van der Waals surface area contributed by atoms with Crippen molar-refractivity contribution in [2.24, 2.45) is 0 Å². The van der Waals surface area contributed by atoms with Crippen LogP contribution in [0.2, 0.25) is 0 Å². The summed E-state index contributed by atoms with van der Waals surface area (Å²) in [6, 6.07) is 5.73. The lowest BCUT2D eigenvalue weighted by atomic mass is 10.0. The summed E-state index contributed by atoms with van der Waals surface area (Å²) >= 11 is 3.45. The van der Waals surface area contributed by atoms with Crippen molar-refractivity contribution in [1.29, 1.82) is 0 Å². The second-order valence-electron chi connectivity index (χ2n) is 4.74. The van der Waals surface area contributed by atoms with Gasteiger partial charge in [-0.25, -0.2) is 0 Å². The summed E-state index contributed by atoms with van der Waals surface area (Å²) in [6.45, 7) is 3.08. The molecule has 1 aromatic heterocycles. The van der Waals surface area contributed by atoms with E-state index in [0.29, 0.717) is 24.6 Å². The van der Waals surface area contributed by atoms with Gasteiger partial charge < -0.3 is 14.6 Å². The number of aromatic nitrogens is 2. The van der Waals surface area contributed by atoms with Crippen LogP contribution in [0.5, 0.6) is 5.75 Å². The molecule has 21 heavy (non-hydrogen) atoms. The molecule has 0 spiro atoms. The zero-order chi connectivity index (χ0) is 15.4. The zero-order valence-corrected chi connectivity index (χ0v) is 13.9. The number of ether oxygens (including phenoxy) is 2. The van der Waals surface area contributed by atoms with Crippen molar-refractivity contribution in [3.8, 4) is 5.75 Å². The number of hydrogen-bond donors (Lipinski definition) is 1. The average molecular weight is 355 g/mol. The van der Waals surface area contributed by atoms with Gasteiger partial charge in [0, 0.05) is 12.7 Å². The summed E-state index contributed by atoms with van der Waals surface area (Å²) in [5.41, 5.74) is 2.47. The summed E-state index contributed by atoms with van der Waals surface area (Å²) in [5.74, 6) is 0.652. The van der Waals surface area contributed by atoms with Gasteiger partial charge in [0.25, 0.3) is 0 Å². The first-order chi connectivity index (χ1) is 10.1. The number of aryl methyl sites for hydroxylation is 1. The molecule has 0 aliphatic heterocycles. The first-order valence-corrected chi connectivity index (χ1v) is 7.40. The van der Waals surface area contributed by atoms with Crippen LogP contribution in [0.25, 0.3) is 0 Å². The van der Waals surface area contributed by atoms with Crippen LogP contribution < -0.4 is 4.74 Å². The van der Waals surface area contributed by atoms with Crippen LogP contribution >= 0.6 is 15.9 Å². The minimum atomic E-state index is -0.825. The number of aliphatic hydroxyl groups excluding tert-OH is 1. The van der Waals surface area contributed by atoms with Gasteiger partial charge in [-0.2, -0.15) is 5.10 Å². The molecule has 6 heteroatoms. The van der Waals surface area contributed by atoms with Crippen molar-refractivity contribution in [3.63, 3.8) is 0 Å². The minimum Gasteiger partial charge on any atom is -0.496 e. The van der Waals surface area contributed by atoms with Crippen molar-refractivity contribution in [2.75, 3.05) is 20.8 Å². The Morgan fingerprint density at radius 2 is 2.14 bits per heavy atom. The highest BCUT2D eigenvalue weighted by atomic mass is 79.9. The van der Waals surface area contributed by atoms with Gasteiger partial charge in [0.1, 0.15) is 11.9 Å². The molecular formula is C15H19BrN2O3. The lowest BCUT2D eigenvalue weighted by Gasteiger charge is -2.17. The fraction of sp³-hybridized carbons (Fsp3) is 0.400. The predicted molar refractivity (Wildman–Crippen MR) is 83.6 cm³/mol. The van der Waals surface area contributed by atoms with E-state index in [4.69, 9.17) is 9.47 Å². The second kappa shape index (κ2) is 7.06. The number of methoxy groups -OCH3 is 2. The summed E-state index contributed by atoms with van der Waals surface area (Å²) in [5, 5.41) is 15.0. The van der Waals surface area contributed by atoms with Crippen molar-refractivity contribution in [1.82, 2.24) is 9.78 Å². The molecule has 1 heterocycles. The Hall–Kier alpha value is -1.37. The normalized spacial score (nSPS) is 12.4. The van der Waals surface area contributed by atoms with E-state index in [2.05, 4.69) is 21.0 Å². The number of aliphatic hydroxyl groups is 1. The lowest BCUT2D eigenvalue weighted by Crippen LogP contribution is -2.14. The fourth-order valence-corrected chi connectivity index (χ4v) is 2.73. The molecule has 0 aliphatic rings. The fourth-order valence-electron chi connectivity index (χ4n) is 2.21. The Bertz CT molecular complexity index is 613. The van der Waals surface area contributed by atoms with Crippen molar-refractivity contribution >= 4 is 15.9 Å². The van der Waals surface area contributed by atoms with Crippen molar-refractivity contribution in [2.45, 2.75) is 19.6 Å². The maximum absolute atomic E-state index is 10.8. The third-order valence-electron chi connectivity index (χ3n) is 3.28. The Morgan fingerprint density at radius 1 is 1.38 bits per heavy atom. The largest absolute Gasteiger partial charge is 0.496 e. The summed E-state index contributed by atoms with van der Waals surface area (Å²) < 4.78 is 12.9. The van der Waals surface area contributed by atoms with E-state index in [1.54, 1.807) is 25.1 Å². The Kier molecular flexibility index (Phi) is 5.39. The molecule has 0 radical (unpaired) electrons. The van der Waals surface area contributed by atoms with Crippen LogP contribution in [0.4, 0.5) is 0 Å². The molecular weight excluding hydrogens is 336 g/mol. The molecule has 1 unspecified atom stereocenters. The number of benzene rings is 1. The zero-order valence-electron chi connectivity index (χ0n) is 12.3. The van der Waals surface area contributed by atoms with Gasteiger partial charge in [0.15, 0.2) is 0 Å². The summed E-state index contributed by atoms with van der Waals surface area (Å²) in [6.07, 6.45) is 0.852. The molecule has 0 saturated carbocycles. The van der Waals surface area contributed by atoms with Gasteiger partial charge in [0.05, 0.1) is 36.6 Å². The maximum Gasteiger partial charge on any atom is 0.125 e. The van der Waals surface area contributed by atoms with Crippen LogP contribution in [0, 0.1) is 6.92 Å². The number of rotatable bonds is 6. The number of nitrogens with zero attached hydrogens (tertiary/aromatic N) is 2. The molecule has 5 nitrogen and oxygen atoms in total. The van der Waals surface area contributed by atoms with Crippen LogP contribution in [0.15, 0.2) is 28.9 Å². The second-order valence-corrected chi connectivity index (χ2v) is 5.60. The van der Waals surface area contributed by atoms with Crippen LogP contribution in [-0.2, 0) is 11.3 Å². The highest BCUT2D eigenvalue weighted by molar-refractivity contribution is 9.10. The van der Waals surface area contributed by atoms with E-state index >= 15 is 0 Å².